The second-order valence-corrected chi connectivity index (χ2v) is 4.44. The van der Waals surface area contributed by atoms with Gasteiger partial charge in [0.15, 0.2) is 0 Å². The monoisotopic (exact) mass is 232 g/mol. The highest BCUT2D eigenvalue weighted by Crippen LogP contribution is 2.30. The lowest BCUT2D eigenvalue weighted by Crippen LogP contribution is -2.42. The quantitative estimate of drug-likeness (QED) is 0.835. The molecule has 1 saturated heterocycles. The van der Waals surface area contributed by atoms with Crippen LogP contribution in [-0.2, 0) is 9.59 Å². The molecule has 1 fully saturated rings. The Bertz CT molecular complexity index is 482. The normalized spacial score (nSPS) is 19.8. The smallest absolute Gasteiger partial charge is 0.240 e. The van der Waals surface area contributed by atoms with Crippen LogP contribution in [0.4, 0.5) is 5.69 Å². The molecule has 0 saturated carbocycles. The third-order valence-corrected chi connectivity index (χ3v) is 3.38. The van der Waals surface area contributed by atoms with Crippen LogP contribution < -0.4 is 10.6 Å². The fourth-order valence-electron chi connectivity index (χ4n) is 2.25. The SMILES string of the molecule is Cc1cccc(N2C(=O)CCC2C(N)=O)c1C. The molecule has 90 valence electrons. The zero-order valence-corrected chi connectivity index (χ0v) is 10.1. The molecule has 1 aliphatic heterocycles. The highest BCUT2D eigenvalue weighted by molar-refractivity contribution is 6.04. The predicted octanol–water partition coefficient (Wildman–Crippen LogP) is 1.28. The summed E-state index contributed by atoms with van der Waals surface area (Å²) in [7, 11) is 0. The van der Waals surface area contributed by atoms with Crippen molar-refractivity contribution in [3.63, 3.8) is 0 Å². The van der Waals surface area contributed by atoms with E-state index in [1.54, 1.807) is 4.90 Å². The van der Waals surface area contributed by atoms with E-state index in [1.807, 2.05) is 32.0 Å². The number of carbonyl (C=O) groups is 2. The highest BCUT2D eigenvalue weighted by atomic mass is 16.2. The lowest BCUT2D eigenvalue weighted by Gasteiger charge is -2.24. The summed E-state index contributed by atoms with van der Waals surface area (Å²) in [5.74, 6) is -0.459. The zero-order chi connectivity index (χ0) is 12.6. The minimum Gasteiger partial charge on any atom is -0.368 e. The number of aryl methyl sites for hydroxylation is 1. The third kappa shape index (κ3) is 1.90. The number of amides is 2. The lowest BCUT2D eigenvalue weighted by molar-refractivity contribution is -0.121. The summed E-state index contributed by atoms with van der Waals surface area (Å²) in [5.41, 5.74) is 8.27. The van der Waals surface area contributed by atoms with E-state index in [2.05, 4.69) is 0 Å². The molecule has 2 rings (SSSR count). The summed E-state index contributed by atoms with van der Waals surface area (Å²) in [6, 6.07) is 5.24. The molecule has 0 spiro atoms. The molecule has 1 aromatic carbocycles. The maximum Gasteiger partial charge on any atom is 0.240 e. The zero-order valence-electron chi connectivity index (χ0n) is 10.1. The summed E-state index contributed by atoms with van der Waals surface area (Å²) in [4.78, 5) is 24.8. The van der Waals surface area contributed by atoms with E-state index in [0.717, 1.165) is 16.8 Å². The van der Waals surface area contributed by atoms with Crippen LogP contribution in [0.5, 0.6) is 0 Å². The van der Waals surface area contributed by atoms with Crippen LogP contribution >= 0.6 is 0 Å². The topological polar surface area (TPSA) is 63.4 Å². The average molecular weight is 232 g/mol. The van der Waals surface area contributed by atoms with Crippen molar-refractivity contribution in [3.8, 4) is 0 Å². The molecule has 1 heterocycles. The van der Waals surface area contributed by atoms with Crippen LogP contribution in [0.1, 0.15) is 24.0 Å². The number of hydrogen-bond acceptors (Lipinski definition) is 2. The minimum absolute atomic E-state index is 0.0255. The van der Waals surface area contributed by atoms with Gasteiger partial charge in [-0.3, -0.25) is 14.5 Å². The Kier molecular flexibility index (Phi) is 2.88. The van der Waals surface area contributed by atoms with Gasteiger partial charge in [0.05, 0.1) is 0 Å². The first kappa shape index (κ1) is 11.6. The summed E-state index contributed by atoms with van der Waals surface area (Å²) in [6.07, 6.45) is 0.905. The minimum atomic E-state index is -0.497. The molecule has 1 aliphatic rings. The van der Waals surface area contributed by atoms with Gasteiger partial charge in [0.25, 0.3) is 0 Å². The Balaban J connectivity index is 2.47. The summed E-state index contributed by atoms with van der Waals surface area (Å²) >= 11 is 0. The largest absolute Gasteiger partial charge is 0.368 e. The van der Waals surface area contributed by atoms with Crippen molar-refractivity contribution in [1.29, 1.82) is 0 Å². The Morgan fingerprint density at radius 2 is 2.12 bits per heavy atom. The Morgan fingerprint density at radius 3 is 2.76 bits per heavy atom. The van der Waals surface area contributed by atoms with Gasteiger partial charge < -0.3 is 5.73 Å². The Labute approximate surface area is 100 Å². The van der Waals surface area contributed by atoms with Crippen molar-refractivity contribution in [2.24, 2.45) is 5.73 Å². The van der Waals surface area contributed by atoms with Gasteiger partial charge in [0, 0.05) is 12.1 Å². The van der Waals surface area contributed by atoms with Crippen molar-refractivity contribution >= 4 is 17.5 Å². The molecule has 0 bridgehead atoms. The number of anilines is 1. The van der Waals surface area contributed by atoms with Crippen molar-refractivity contribution in [1.82, 2.24) is 0 Å². The van der Waals surface area contributed by atoms with E-state index in [4.69, 9.17) is 5.73 Å². The van der Waals surface area contributed by atoms with Crippen LogP contribution in [0.15, 0.2) is 18.2 Å². The number of hydrogen-bond donors (Lipinski definition) is 1. The molecule has 1 atom stereocenters. The molecular formula is C13H16N2O2. The van der Waals surface area contributed by atoms with Gasteiger partial charge in [-0.15, -0.1) is 0 Å². The lowest BCUT2D eigenvalue weighted by atomic mass is 10.1. The van der Waals surface area contributed by atoms with Crippen LogP contribution in [0, 0.1) is 13.8 Å². The third-order valence-electron chi connectivity index (χ3n) is 3.38. The van der Waals surface area contributed by atoms with Gasteiger partial charge in [-0.25, -0.2) is 0 Å². The molecule has 4 heteroatoms. The number of carbonyl (C=O) groups excluding carboxylic acids is 2. The van der Waals surface area contributed by atoms with E-state index < -0.39 is 11.9 Å². The first-order valence-corrected chi connectivity index (χ1v) is 5.70. The second kappa shape index (κ2) is 4.20. The van der Waals surface area contributed by atoms with Gasteiger partial charge >= 0.3 is 0 Å². The first-order valence-electron chi connectivity index (χ1n) is 5.70. The van der Waals surface area contributed by atoms with Crippen molar-refractivity contribution in [2.75, 3.05) is 4.90 Å². The van der Waals surface area contributed by atoms with Gasteiger partial charge in [0.1, 0.15) is 6.04 Å². The van der Waals surface area contributed by atoms with E-state index in [0.29, 0.717) is 12.8 Å². The number of nitrogens with zero attached hydrogens (tertiary/aromatic N) is 1. The molecule has 1 unspecified atom stereocenters. The van der Waals surface area contributed by atoms with Crippen molar-refractivity contribution < 1.29 is 9.59 Å². The van der Waals surface area contributed by atoms with Crippen LogP contribution in [-0.4, -0.2) is 17.9 Å². The number of nitrogens with two attached hydrogens (primary N) is 1. The molecule has 0 aromatic heterocycles. The van der Waals surface area contributed by atoms with E-state index >= 15 is 0 Å². The standard InChI is InChI=1S/C13H16N2O2/c1-8-4-3-5-10(9(8)2)15-11(13(14)17)6-7-12(15)16/h3-5,11H,6-7H2,1-2H3,(H2,14,17). The van der Waals surface area contributed by atoms with Crippen LogP contribution in [0.25, 0.3) is 0 Å². The van der Waals surface area contributed by atoms with Gasteiger partial charge in [0.2, 0.25) is 11.8 Å². The predicted molar refractivity (Wildman–Crippen MR) is 65.6 cm³/mol. The van der Waals surface area contributed by atoms with E-state index in [1.165, 1.54) is 0 Å². The number of rotatable bonds is 2. The van der Waals surface area contributed by atoms with Crippen LogP contribution in [0.2, 0.25) is 0 Å². The molecule has 2 amide bonds. The molecule has 4 nitrogen and oxygen atoms in total. The Hall–Kier alpha value is -1.84. The molecule has 0 radical (unpaired) electrons. The van der Waals surface area contributed by atoms with Crippen molar-refractivity contribution in [2.45, 2.75) is 32.7 Å². The van der Waals surface area contributed by atoms with Gasteiger partial charge in [-0.05, 0) is 37.5 Å². The molecule has 1 aromatic rings. The fourth-order valence-corrected chi connectivity index (χ4v) is 2.25. The van der Waals surface area contributed by atoms with Crippen LogP contribution in [0.3, 0.4) is 0 Å². The molecule has 2 N–H and O–H groups in total. The van der Waals surface area contributed by atoms with Gasteiger partial charge in [-0.2, -0.15) is 0 Å². The van der Waals surface area contributed by atoms with E-state index in [9.17, 15) is 9.59 Å². The Morgan fingerprint density at radius 1 is 1.41 bits per heavy atom. The molecule has 0 aliphatic carbocycles. The van der Waals surface area contributed by atoms with Crippen molar-refractivity contribution in [3.05, 3.63) is 29.3 Å². The summed E-state index contributed by atoms with van der Waals surface area (Å²) < 4.78 is 0. The van der Waals surface area contributed by atoms with Gasteiger partial charge in [-0.1, -0.05) is 12.1 Å². The number of benzene rings is 1. The highest BCUT2D eigenvalue weighted by Gasteiger charge is 2.36. The fraction of sp³-hybridized carbons (Fsp3) is 0.385. The first-order chi connectivity index (χ1) is 8.02. The maximum atomic E-state index is 11.9. The average Bonchev–Trinajstić information content (AvgIpc) is 2.65. The summed E-state index contributed by atoms with van der Waals surface area (Å²) in [6.45, 7) is 3.94. The second-order valence-electron chi connectivity index (χ2n) is 4.44. The molecule has 17 heavy (non-hydrogen) atoms. The molecular weight excluding hydrogens is 216 g/mol. The summed E-state index contributed by atoms with van der Waals surface area (Å²) in [5, 5.41) is 0. The van der Waals surface area contributed by atoms with E-state index in [-0.39, 0.29) is 5.91 Å². The maximum absolute atomic E-state index is 11.9. The number of primary amides is 1.